The standard InChI is InChI=1S/C6H5BrS/c7-5-3-1-2-4-6(5)8/h1-5H. The Morgan fingerprint density at radius 1 is 1.50 bits per heavy atom. The van der Waals surface area contributed by atoms with E-state index in [0.29, 0.717) is 0 Å². The summed E-state index contributed by atoms with van der Waals surface area (Å²) in [7, 11) is 0. The molecule has 1 unspecified atom stereocenters. The minimum atomic E-state index is 0.280. The molecule has 1 aliphatic carbocycles. The van der Waals surface area contributed by atoms with Gasteiger partial charge >= 0.3 is 0 Å². The molecule has 0 heterocycles. The summed E-state index contributed by atoms with van der Waals surface area (Å²) in [5, 5.41) is 0. The van der Waals surface area contributed by atoms with Gasteiger partial charge in [0.05, 0.1) is 4.83 Å². The van der Waals surface area contributed by atoms with Gasteiger partial charge in [-0.15, -0.1) is 0 Å². The lowest BCUT2D eigenvalue weighted by Crippen LogP contribution is -2.06. The molecule has 0 bridgehead atoms. The fourth-order valence-electron chi connectivity index (χ4n) is 0.499. The molecule has 0 amide bonds. The van der Waals surface area contributed by atoms with E-state index in [1.807, 2.05) is 24.3 Å². The van der Waals surface area contributed by atoms with Crippen LogP contribution in [0.5, 0.6) is 0 Å². The topological polar surface area (TPSA) is 0 Å². The Labute approximate surface area is 62.4 Å². The molecule has 0 saturated heterocycles. The van der Waals surface area contributed by atoms with Crippen molar-refractivity contribution in [1.82, 2.24) is 0 Å². The number of hydrogen-bond donors (Lipinski definition) is 0. The zero-order valence-electron chi connectivity index (χ0n) is 4.17. The van der Waals surface area contributed by atoms with E-state index in [9.17, 15) is 0 Å². The number of halogens is 1. The van der Waals surface area contributed by atoms with Crippen LogP contribution >= 0.6 is 28.1 Å². The van der Waals surface area contributed by atoms with Gasteiger partial charge in [0.1, 0.15) is 0 Å². The van der Waals surface area contributed by atoms with E-state index in [4.69, 9.17) is 12.2 Å². The van der Waals surface area contributed by atoms with Crippen molar-refractivity contribution in [3.05, 3.63) is 24.3 Å². The van der Waals surface area contributed by atoms with Crippen molar-refractivity contribution in [3.8, 4) is 0 Å². The minimum Gasteiger partial charge on any atom is -0.0833 e. The molecule has 0 N–H and O–H groups in total. The Morgan fingerprint density at radius 2 is 2.25 bits per heavy atom. The molecule has 0 radical (unpaired) electrons. The Bertz CT molecular complexity index is 158. The summed E-state index contributed by atoms with van der Waals surface area (Å²) >= 11 is 8.32. The first-order valence-electron chi connectivity index (χ1n) is 2.33. The molecule has 0 nitrogen and oxygen atoms in total. The van der Waals surface area contributed by atoms with Crippen LogP contribution in [0, 0.1) is 0 Å². The van der Waals surface area contributed by atoms with Gasteiger partial charge in [0.15, 0.2) is 0 Å². The number of thiocarbonyl (C=S) groups is 1. The molecule has 0 aliphatic heterocycles. The maximum absolute atomic E-state index is 4.94. The monoisotopic (exact) mass is 188 g/mol. The van der Waals surface area contributed by atoms with E-state index >= 15 is 0 Å². The molecule has 0 spiro atoms. The maximum Gasteiger partial charge on any atom is 0.0680 e. The molecular formula is C6H5BrS. The SMILES string of the molecule is S=C1C=CC=CC1Br. The summed E-state index contributed by atoms with van der Waals surface area (Å²) in [5.41, 5.74) is 0. The molecule has 42 valence electrons. The molecular weight excluding hydrogens is 184 g/mol. The average Bonchev–Trinajstić information content (AvgIpc) is 1.77. The molecule has 0 fully saturated rings. The molecule has 8 heavy (non-hydrogen) atoms. The fraction of sp³-hybridized carbons (Fsp3) is 0.167. The van der Waals surface area contributed by atoms with Crippen molar-refractivity contribution in [1.29, 1.82) is 0 Å². The molecule has 0 saturated carbocycles. The second kappa shape index (κ2) is 2.55. The van der Waals surface area contributed by atoms with E-state index in [-0.39, 0.29) is 4.83 Å². The molecule has 0 aromatic carbocycles. The van der Waals surface area contributed by atoms with E-state index in [0.717, 1.165) is 4.86 Å². The first-order valence-corrected chi connectivity index (χ1v) is 3.66. The molecule has 2 heteroatoms. The Morgan fingerprint density at radius 3 is 2.62 bits per heavy atom. The molecule has 0 aromatic heterocycles. The normalized spacial score (nSPS) is 26.6. The molecule has 0 aromatic rings. The van der Waals surface area contributed by atoms with Gasteiger partial charge in [0.2, 0.25) is 0 Å². The van der Waals surface area contributed by atoms with Gasteiger partial charge in [0, 0.05) is 4.86 Å². The van der Waals surface area contributed by atoms with E-state index in [1.54, 1.807) is 0 Å². The zero-order valence-corrected chi connectivity index (χ0v) is 6.58. The van der Waals surface area contributed by atoms with Crippen LogP contribution in [0.4, 0.5) is 0 Å². The van der Waals surface area contributed by atoms with E-state index in [1.165, 1.54) is 0 Å². The van der Waals surface area contributed by atoms with Crippen molar-refractivity contribution < 1.29 is 0 Å². The number of allylic oxidation sites excluding steroid dienone is 4. The van der Waals surface area contributed by atoms with Crippen LogP contribution in [0.1, 0.15) is 0 Å². The Kier molecular flexibility index (Phi) is 1.97. The van der Waals surface area contributed by atoms with Crippen LogP contribution < -0.4 is 0 Å². The second-order valence-electron chi connectivity index (χ2n) is 1.55. The van der Waals surface area contributed by atoms with Crippen LogP contribution in [-0.2, 0) is 0 Å². The van der Waals surface area contributed by atoms with Crippen molar-refractivity contribution in [3.63, 3.8) is 0 Å². The number of alkyl halides is 1. The first kappa shape index (κ1) is 6.17. The van der Waals surface area contributed by atoms with Gasteiger partial charge < -0.3 is 0 Å². The largest absolute Gasteiger partial charge is 0.0833 e. The van der Waals surface area contributed by atoms with Gasteiger partial charge in [-0.05, 0) is 6.08 Å². The molecule has 1 atom stereocenters. The van der Waals surface area contributed by atoms with Crippen molar-refractivity contribution in [2.24, 2.45) is 0 Å². The molecule has 1 aliphatic rings. The van der Waals surface area contributed by atoms with Crippen LogP contribution in [0.15, 0.2) is 24.3 Å². The van der Waals surface area contributed by atoms with E-state index in [2.05, 4.69) is 15.9 Å². The average molecular weight is 189 g/mol. The van der Waals surface area contributed by atoms with Crippen LogP contribution in [0.2, 0.25) is 0 Å². The molecule has 1 rings (SSSR count). The van der Waals surface area contributed by atoms with Crippen molar-refractivity contribution in [2.75, 3.05) is 0 Å². The number of rotatable bonds is 0. The first-order chi connectivity index (χ1) is 3.80. The van der Waals surface area contributed by atoms with Crippen molar-refractivity contribution >= 4 is 33.0 Å². The lowest BCUT2D eigenvalue weighted by Gasteiger charge is -2.03. The fourth-order valence-corrected chi connectivity index (χ4v) is 0.985. The van der Waals surface area contributed by atoms with Crippen molar-refractivity contribution in [2.45, 2.75) is 4.83 Å². The maximum atomic E-state index is 4.94. The predicted molar refractivity (Wildman–Crippen MR) is 43.6 cm³/mol. The van der Waals surface area contributed by atoms with Gasteiger partial charge in [-0.3, -0.25) is 0 Å². The van der Waals surface area contributed by atoms with Gasteiger partial charge in [-0.25, -0.2) is 0 Å². The van der Waals surface area contributed by atoms with Gasteiger partial charge in [-0.2, -0.15) is 0 Å². The zero-order chi connectivity index (χ0) is 5.98. The number of hydrogen-bond acceptors (Lipinski definition) is 1. The second-order valence-corrected chi connectivity index (χ2v) is 3.01. The summed E-state index contributed by atoms with van der Waals surface area (Å²) in [6, 6.07) is 0. The third-order valence-corrected chi connectivity index (χ3v) is 2.42. The lowest BCUT2D eigenvalue weighted by molar-refractivity contribution is 1.55. The third kappa shape index (κ3) is 1.26. The summed E-state index contributed by atoms with van der Waals surface area (Å²) in [5.74, 6) is 0. The highest BCUT2D eigenvalue weighted by molar-refractivity contribution is 9.10. The Balaban J connectivity index is 2.74. The summed E-state index contributed by atoms with van der Waals surface area (Å²) in [4.78, 5) is 1.23. The van der Waals surface area contributed by atoms with E-state index < -0.39 is 0 Å². The highest BCUT2D eigenvalue weighted by atomic mass is 79.9. The summed E-state index contributed by atoms with van der Waals surface area (Å²) < 4.78 is 0. The minimum absolute atomic E-state index is 0.280. The highest BCUT2D eigenvalue weighted by Gasteiger charge is 2.03. The van der Waals surface area contributed by atoms with Crippen LogP contribution in [-0.4, -0.2) is 9.69 Å². The quantitative estimate of drug-likeness (QED) is 0.416. The Hall–Kier alpha value is 0.0500. The van der Waals surface area contributed by atoms with Crippen LogP contribution in [0.3, 0.4) is 0 Å². The highest BCUT2D eigenvalue weighted by Crippen LogP contribution is 2.09. The van der Waals surface area contributed by atoms with Gasteiger partial charge in [0.25, 0.3) is 0 Å². The van der Waals surface area contributed by atoms with Crippen LogP contribution in [0.25, 0.3) is 0 Å². The van der Waals surface area contributed by atoms with Gasteiger partial charge in [-0.1, -0.05) is 46.4 Å². The summed E-state index contributed by atoms with van der Waals surface area (Å²) in [6.07, 6.45) is 7.87. The lowest BCUT2D eigenvalue weighted by atomic mass is 10.2. The third-order valence-electron chi connectivity index (χ3n) is 0.923. The summed E-state index contributed by atoms with van der Waals surface area (Å²) in [6.45, 7) is 0. The smallest absolute Gasteiger partial charge is 0.0680 e. The predicted octanol–water partition coefficient (Wildman–Crippen LogP) is 2.25.